The van der Waals surface area contributed by atoms with E-state index in [9.17, 15) is 32.0 Å². The second-order valence-electron chi connectivity index (χ2n) is 15.6. The Morgan fingerprint density at radius 3 is 2.58 bits per heavy atom. The highest BCUT2D eigenvalue weighted by Gasteiger charge is 2.63. The Balaban J connectivity index is 1.31. The number of amides is 4. The lowest BCUT2D eigenvalue weighted by Gasteiger charge is -2.30. The normalized spacial score (nSPS) is 28.3. The number of halogens is 1. The molecule has 5 atom stereocenters. The van der Waals surface area contributed by atoms with E-state index in [2.05, 4.69) is 25.3 Å². The van der Waals surface area contributed by atoms with Crippen LogP contribution in [-0.2, 0) is 29.1 Å². The molecule has 0 bridgehead atoms. The van der Waals surface area contributed by atoms with E-state index in [0.29, 0.717) is 36.9 Å². The number of nitrogens with zero attached hydrogens (tertiary/aromatic N) is 3. The van der Waals surface area contributed by atoms with Crippen LogP contribution in [0.15, 0.2) is 30.4 Å². The Kier molecular flexibility index (Phi) is 10.0. The number of allylic oxidation sites excluding steroid dienone is 1. The number of aryl methyl sites for hydroxylation is 1. The van der Waals surface area contributed by atoms with Crippen molar-refractivity contribution in [2.45, 2.75) is 126 Å². The van der Waals surface area contributed by atoms with Gasteiger partial charge in [0.2, 0.25) is 27.7 Å². The number of rotatable bonds is 6. The lowest BCUT2D eigenvalue weighted by atomic mass is 10.0. The molecule has 1 saturated heterocycles. The zero-order valence-corrected chi connectivity index (χ0v) is 31.0. The highest BCUT2D eigenvalue weighted by molar-refractivity contribution is 7.91. The molecule has 16 heteroatoms. The number of alkyl carbamates (subject to hydrolysis) is 1. The van der Waals surface area contributed by atoms with E-state index in [1.165, 1.54) is 17.0 Å². The van der Waals surface area contributed by atoms with Gasteiger partial charge in [-0.05, 0) is 85.3 Å². The van der Waals surface area contributed by atoms with E-state index in [-0.39, 0.29) is 37.2 Å². The van der Waals surface area contributed by atoms with Crippen LogP contribution in [0.25, 0.3) is 11.0 Å². The summed E-state index contributed by atoms with van der Waals surface area (Å²) in [4.78, 5) is 65.5. The predicted molar refractivity (Wildman–Crippen MR) is 188 cm³/mol. The molecule has 14 nitrogen and oxygen atoms in total. The minimum absolute atomic E-state index is 0.00202. The van der Waals surface area contributed by atoms with Gasteiger partial charge in [0.15, 0.2) is 5.82 Å². The maximum Gasteiger partial charge on any atom is 0.408 e. The Bertz CT molecular complexity index is 1910. The van der Waals surface area contributed by atoms with E-state index in [1.54, 1.807) is 40.7 Å². The second-order valence-corrected chi connectivity index (χ2v) is 17.8. The number of fused-ring (bicyclic) bond motifs is 3. The highest BCUT2D eigenvalue weighted by Crippen LogP contribution is 2.47. The van der Waals surface area contributed by atoms with Gasteiger partial charge >= 0.3 is 6.09 Å². The van der Waals surface area contributed by atoms with E-state index < -0.39 is 79.6 Å². The Morgan fingerprint density at radius 1 is 1.12 bits per heavy atom. The van der Waals surface area contributed by atoms with Crippen LogP contribution in [0, 0.1) is 18.7 Å². The quantitative estimate of drug-likeness (QED) is 0.369. The second kappa shape index (κ2) is 13.9. The van der Waals surface area contributed by atoms with Gasteiger partial charge in [0.25, 0.3) is 5.91 Å². The number of ether oxygens (including phenoxy) is 2. The van der Waals surface area contributed by atoms with Crippen LogP contribution in [0.3, 0.4) is 0 Å². The molecule has 3 heterocycles. The SMILES string of the molecule is Cc1nc2cccc(F)c2nc1O[C@@H]1C[C@H]2C(=O)N[C@]3(C(=O)NS(=O)(=O)C4(C)CC4)C[C@H]3/C=C\CCCCC[C@H](NC(=O)OC(C)(C)C)C(=O)N2C1. The molecule has 0 unspecified atom stereocenters. The Hall–Kier alpha value is -4.34. The molecule has 4 aliphatic rings. The average molecular weight is 743 g/mol. The van der Waals surface area contributed by atoms with Gasteiger partial charge in [0.05, 0.1) is 16.8 Å². The summed E-state index contributed by atoms with van der Waals surface area (Å²) >= 11 is 0. The summed E-state index contributed by atoms with van der Waals surface area (Å²) in [5, 5.41) is 5.53. The summed E-state index contributed by atoms with van der Waals surface area (Å²) in [7, 11) is -4.01. The molecule has 2 saturated carbocycles. The molecule has 0 radical (unpaired) electrons. The maximum atomic E-state index is 14.7. The molecule has 0 spiro atoms. The van der Waals surface area contributed by atoms with Crippen molar-refractivity contribution >= 4 is 44.9 Å². The molecule has 6 rings (SSSR count). The van der Waals surface area contributed by atoms with Gasteiger partial charge in [-0.2, -0.15) is 0 Å². The van der Waals surface area contributed by atoms with Gasteiger partial charge in [-0.15, -0.1) is 0 Å². The summed E-state index contributed by atoms with van der Waals surface area (Å²) in [6, 6.07) is 2.18. The maximum absolute atomic E-state index is 14.7. The van der Waals surface area contributed by atoms with Gasteiger partial charge in [-0.25, -0.2) is 27.6 Å². The van der Waals surface area contributed by atoms with Crippen molar-refractivity contribution in [1.29, 1.82) is 0 Å². The third-order valence-corrected chi connectivity index (χ3v) is 12.4. The van der Waals surface area contributed by atoms with Crippen LogP contribution in [0.5, 0.6) is 5.88 Å². The van der Waals surface area contributed by atoms with E-state index in [0.717, 1.165) is 12.8 Å². The van der Waals surface area contributed by atoms with Crippen LogP contribution in [0.1, 0.15) is 91.2 Å². The van der Waals surface area contributed by atoms with Crippen molar-refractivity contribution in [3.05, 3.63) is 41.9 Å². The van der Waals surface area contributed by atoms with Crippen LogP contribution < -0.4 is 20.1 Å². The molecule has 282 valence electrons. The van der Waals surface area contributed by atoms with Gasteiger partial charge in [0, 0.05) is 12.3 Å². The number of para-hydroxylation sites is 1. The molecule has 1 aromatic carbocycles. The first-order valence-corrected chi connectivity index (χ1v) is 19.3. The smallest absolute Gasteiger partial charge is 0.408 e. The molecule has 4 amide bonds. The number of benzene rings is 1. The highest BCUT2D eigenvalue weighted by atomic mass is 32.2. The third-order valence-electron chi connectivity index (χ3n) is 10.2. The minimum atomic E-state index is -4.01. The predicted octanol–water partition coefficient (Wildman–Crippen LogP) is 3.71. The van der Waals surface area contributed by atoms with Crippen molar-refractivity contribution in [2.24, 2.45) is 5.92 Å². The van der Waals surface area contributed by atoms with Gasteiger partial charge in [0.1, 0.15) is 40.5 Å². The van der Waals surface area contributed by atoms with Crippen LogP contribution in [0.4, 0.5) is 9.18 Å². The molecule has 3 N–H and O–H groups in total. The standard InChI is InChI=1S/C36H47FN6O8S/c1-21-30(40-28-24(37)13-11-15-25(28)38-21)50-23-18-27-29(44)41-36(32(46)42-52(48,49)35(5)16-17-35)19-22(36)12-9-7-6-8-10-14-26(31(45)43(27)20-23)39-33(47)51-34(2,3)4/h9,11-13,15,22-23,26-27H,6-8,10,14,16-20H2,1-5H3,(H,39,47)(H,41,44)(H,42,46)/b12-9-/t22-,23-,26+,27+,36-/m1/s1. The minimum Gasteiger partial charge on any atom is -0.471 e. The van der Waals surface area contributed by atoms with Crippen molar-refractivity contribution < 1.29 is 41.5 Å². The van der Waals surface area contributed by atoms with Crippen molar-refractivity contribution in [3.63, 3.8) is 0 Å². The van der Waals surface area contributed by atoms with Gasteiger partial charge < -0.3 is 25.0 Å². The zero-order valence-electron chi connectivity index (χ0n) is 30.2. The van der Waals surface area contributed by atoms with E-state index in [4.69, 9.17) is 9.47 Å². The van der Waals surface area contributed by atoms with Crippen molar-refractivity contribution in [2.75, 3.05) is 6.54 Å². The topological polar surface area (TPSA) is 186 Å². The zero-order chi connectivity index (χ0) is 37.6. The molecular weight excluding hydrogens is 695 g/mol. The van der Waals surface area contributed by atoms with Gasteiger partial charge in [-0.1, -0.05) is 31.1 Å². The Morgan fingerprint density at radius 2 is 1.87 bits per heavy atom. The van der Waals surface area contributed by atoms with E-state index in [1.807, 2.05) is 12.2 Å². The number of carbonyl (C=O) groups excluding carboxylic acids is 4. The van der Waals surface area contributed by atoms with Crippen LogP contribution in [0.2, 0.25) is 0 Å². The van der Waals surface area contributed by atoms with Crippen molar-refractivity contribution in [1.82, 2.24) is 30.2 Å². The molecule has 2 aliphatic heterocycles. The van der Waals surface area contributed by atoms with E-state index >= 15 is 0 Å². The summed E-state index contributed by atoms with van der Waals surface area (Å²) in [5.41, 5.74) is -1.67. The number of carbonyl (C=O) groups is 4. The molecular formula is C36H47FN6O8S. The third kappa shape index (κ3) is 7.86. The first kappa shape index (κ1) is 37.4. The summed E-state index contributed by atoms with van der Waals surface area (Å²) in [6.45, 7) is 8.24. The number of aromatic nitrogens is 2. The van der Waals surface area contributed by atoms with Crippen molar-refractivity contribution in [3.8, 4) is 5.88 Å². The average Bonchev–Trinajstić information content (AvgIpc) is 3.93. The summed E-state index contributed by atoms with van der Waals surface area (Å²) < 4.78 is 53.7. The van der Waals surface area contributed by atoms with Crippen LogP contribution in [-0.4, -0.2) is 87.7 Å². The fourth-order valence-corrected chi connectivity index (χ4v) is 8.09. The number of sulfonamides is 1. The lowest BCUT2D eigenvalue weighted by molar-refractivity contribution is -0.141. The molecule has 1 aromatic heterocycles. The summed E-state index contributed by atoms with van der Waals surface area (Å²) in [6.07, 6.45) is 6.18. The molecule has 3 fully saturated rings. The first-order chi connectivity index (χ1) is 24.4. The first-order valence-electron chi connectivity index (χ1n) is 17.9. The van der Waals surface area contributed by atoms with Gasteiger partial charge in [-0.3, -0.25) is 19.1 Å². The fraction of sp³-hybridized carbons (Fsp3) is 0.611. The molecule has 2 aromatic rings. The van der Waals surface area contributed by atoms with Crippen LogP contribution >= 0.6 is 0 Å². The number of hydrogen-bond donors (Lipinski definition) is 3. The molecule has 2 aliphatic carbocycles. The largest absolute Gasteiger partial charge is 0.471 e. The fourth-order valence-electron chi connectivity index (χ4n) is 6.78. The number of nitrogens with one attached hydrogen (secondary N) is 3. The monoisotopic (exact) mass is 742 g/mol. The molecule has 52 heavy (non-hydrogen) atoms. The lowest BCUT2D eigenvalue weighted by Crippen LogP contribution is -2.58. The Labute approximate surface area is 302 Å². The summed E-state index contributed by atoms with van der Waals surface area (Å²) in [5.74, 6) is -3.08. The number of hydrogen-bond acceptors (Lipinski definition) is 10.